The van der Waals surface area contributed by atoms with Crippen LogP contribution in [0.25, 0.3) is 11.1 Å². The van der Waals surface area contributed by atoms with Crippen LogP contribution in [0.2, 0.25) is 0 Å². The fourth-order valence-corrected chi connectivity index (χ4v) is 3.86. The van der Waals surface area contributed by atoms with E-state index in [-0.39, 0.29) is 12.0 Å². The first-order valence-electron chi connectivity index (χ1n) is 8.60. The summed E-state index contributed by atoms with van der Waals surface area (Å²) in [6.45, 7) is 1.20. The van der Waals surface area contributed by atoms with Gasteiger partial charge in [-0.25, -0.2) is 4.98 Å². The highest BCUT2D eigenvalue weighted by Gasteiger charge is 2.22. The highest BCUT2D eigenvalue weighted by molar-refractivity contribution is 7.99. The fraction of sp³-hybridized carbons (Fsp3) is 0.300. The Morgan fingerprint density at radius 3 is 2.81 bits per heavy atom. The number of carbonyl (C=O) groups excluding carboxylic acids is 1. The van der Waals surface area contributed by atoms with Crippen LogP contribution in [0.1, 0.15) is 11.1 Å². The van der Waals surface area contributed by atoms with Crippen LogP contribution in [-0.4, -0.2) is 41.2 Å². The van der Waals surface area contributed by atoms with Crippen LogP contribution in [0, 0.1) is 0 Å². The molecule has 1 atom stereocenters. The van der Waals surface area contributed by atoms with E-state index in [9.17, 15) is 4.79 Å². The summed E-state index contributed by atoms with van der Waals surface area (Å²) in [5.74, 6) is 0.340. The van der Waals surface area contributed by atoms with Gasteiger partial charge in [0.15, 0.2) is 5.58 Å². The lowest BCUT2D eigenvalue weighted by atomic mass is 9.99. The fourth-order valence-electron chi connectivity index (χ4n) is 3.08. The second kappa shape index (κ2) is 7.51. The lowest BCUT2D eigenvalue weighted by molar-refractivity contribution is -0.129. The molecule has 0 bridgehead atoms. The molecule has 1 aliphatic rings. The Bertz CT molecular complexity index is 891. The van der Waals surface area contributed by atoms with Crippen LogP contribution in [-0.2, 0) is 22.6 Å². The number of hydrogen-bond acceptors (Lipinski definition) is 5. The molecule has 3 aromatic rings. The number of aromatic nitrogens is 1. The molecule has 2 heterocycles. The number of nitrogens with zero attached hydrogens (tertiary/aromatic N) is 2. The van der Waals surface area contributed by atoms with Crippen LogP contribution < -0.4 is 0 Å². The van der Waals surface area contributed by atoms with Crippen molar-refractivity contribution in [2.24, 2.45) is 0 Å². The van der Waals surface area contributed by atoms with Crippen LogP contribution in [0.3, 0.4) is 0 Å². The molecule has 0 radical (unpaired) electrons. The number of fused-ring (bicyclic) bond motifs is 2. The maximum atomic E-state index is 12.4. The monoisotopic (exact) mass is 368 g/mol. The quantitative estimate of drug-likeness (QED) is 0.645. The highest BCUT2D eigenvalue weighted by atomic mass is 32.2. The van der Waals surface area contributed by atoms with Gasteiger partial charge < -0.3 is 14.1 Å². The molecule has 2 aromatic carbocycles. The molecule has 1 aliphatic heterocycles. The molecule has 0 aliphatic carbocycles. The van der Waals surface area contributed by atoms with Crippen LogP contribution in [0.4, 0.5) is 0 Å². The van der Waals surface area contributed by atoms with Gasteiger partial charge in [0.05, 0.1) is 18.5 Å². The lowest BCUT2D eigenvalue weighted by Gasteiger charge is -2.29. The zero-order valence-corrected chi connectivity index (χ0v) is 15.4. The van der Waals surface area contributed by atoms with Crippen LogP contribution in [0.5, 0.6) is 0 Å². The Kier molecular flexibility index (Phi) is 4.95. The second-order valence-electron chi connectivity index (χ2n) is 6.42. The number of amides is 1. The van der Waals surface area contributed by atoms with E-state index in [0.717, 1.165) is 17.5 Å². The second-order valence-corrected chi connectivity index (χ2v) is 7.34. The topological polar surface area (TPSA) is 55.6 Å². The summed E-state index contributed by atoms with van der Waals surface area (Å²) in [5, 5.41) is 0.524. The lowest BCUT2D eigenvalue weighted by Crippen LogP contribution is -2.39. The van der Waals surface area contributed by atoms with Gasteiger partial charge in [0.2, 0.25) is 5.91 Å². The molecule has 1 amide bonds. The summed E-state index contributed by atoms with van der Waals surface area (Å²) in [7, 11) is 1.82. The molecule has 6 heteroatoms. The maximum absolute atomic E-state index is 12.4. The standard InChI is InChI=1S/C20H20N2O3S/c1-22(11-16-10-14-6-2-3-7-15(14)12-24-16)19(23)13-26-20-21-17-8-4-5-9-18(17)25-20/h2-9,16H,10-13H2,1H3. The molecule has 1 aromatic heterocycles. The Hall–Kier alpha value is -2.31. The van der Waals surface area contributed by atoms with E-state index in [1.165, 1.54) is 22.9 Å². The van der Waals surface area contributed by atoms with Gasteiger partial charge in [-0.2, -0.15) is 0 Å². The van der Waals surface area contributed by atoms with Crippen molar-refractivity contribution in [1.82, 2.24) is 9.88 Å². The molecular weight excluding hydrogens is 348 g/mol. The number of carbonyl (C=O) groups is 1. The van der Waals surface area contributed by atoms with E-state index >= 15 is 0 Å². The average Bonchev–Trinajstić information content (AvgIpc) is 3.09. The van der Waals surface area contributed by atoms with Crippen molar-refractivity contribution >= 4 is 28.8 Å². The number of benzene rings is 2. The van der Waals surface area contributed by atoms with Gasteiger partial charge in [0.1, 0.15) is 5.52 Å². The molecule has 0 saturated heterocycles. The largest absolute Gasteiger partial charge is 0.431 e. The van der Waals surface area contributed by atoms with Crippen molar-refractivity contribution in [3.05, 3.63) is 59.7 Å². The molecule has 0 N–H and O–H groups in total. The van der Waals surface area contributed by atoms with E-state index in [0.29, 0.717) is 24.1 Å². The molecule has 1 unspecified atom stereocenters. The number of rotatable bonds is 5. The summed E-state index contributed by atoms with van der Waals surface area (Å²) < 4.78 is 11.5. The predicted molar refractivity (Wildman–Crippen MR) is 101 cm³/mol. The third kappa shape index (κ3) is 3.76. The summed E-state index contributed by atoms with van der Waals surface area (Å²) in [5.41, 5.74) is 4.10. The Labute approximate surface area is 156 Å². The third-order valence-corrected chi connectivity index (χ3v) is 5.35. The van der Waals surface area contributed by atoms with Crippen molar-refractivity contribution in [3.63, 3.8) is 0 Å². The Morgan fingerprint density at radius 2 is 1.96 bits per heavy atom. The van der Waals surface area contributed by atoms with Gasteiger partial charge in [0, 0.05) is 20.0 Å². The molecule has 26 heavy (non-hydrogen) atoms. The van der Waals surface area contributed by atoms with Crippen molar-refractivity contribution in [2.75, 3.05) is 19.3 Å². The van der Waals surface area contributed by atoms with Gasteiger partial charge >= 0.3 is 0 Å². The molecule has 134 valence electrons. The number of para-hydroxylation sites is 2. The third-order valence-electron chi connectivity index (χ3n) is 4.54. The van der Waals surface area contributed by atoms with Crippen molar-refractivity contribution < 1.29 is 13.9 Å². The zero-order chi connectivity index (χ0) is 17.9. The first-order valence-corrected chi connectivity index (χ1v) is 9.58. The molecule has 0 spiro atoms. The minimum atomic E-state index is 0.0353. The summed E-state index contributed by atoms with van der Waals surface area (Å²) in [6.07, 6.45) is 0.875. The van der Waals surface area contributed by atoms with Gasteiger partial charge in [-0.15, -0.1) is 0 Å². The molecule has 5 nitrogen and oxygen atoms in total. The molecule has 0 saturated carbocycles. The van der Waals surface area contributed by atoms with Gasteiger partial charge in [-0.3, -0.25) is 4.79 Å². The summed E-state index contributed by atoms with van der Waals surface area (Å²) in [4.78, 5) is 18.5. The predicted octanol–water partition coefficient (Wildman–Crippen LogP) is 3.52. The average molecular weight is 368 g/mol. The molecule has 4 rings (SSSR count). The maximum Gasteiger partial charge on any atom is 0.257 e. The van der Waals surface area contributed by atoms with E-state index in [2.05, 4.69) is 17.1 Å². The van der Waals surface area contributed by atoms with Crippen LogP contribution >= 0.6 is 11.8 Å². The summed E-state index contributed by atoms with van der Waals surface area (Å²) >= 11 is 1.32. The van der Waals surface area contributed by atoms with Gasteiger partial charge in [-0.05, 0) is 23.3 Å². The van der Waals surface area contributed by atoms with E-state index < -0.39 is 0 Å². The van der Waals surface area contributed by atoms with Gasteiger partial charge in [0.25, 0.3) is 5.22 Å². The smallest absolute Gasteiger partial charge is 0.257 e. The number of thioether (sulfide) groups is 1. The minimum absolute atomic E-state index is 0.0353. The first kappa shape index (κ1) is 17.1. The zero-order valence-electron chi connectivity index (χ0n) is 14.6. The number of ether oxygens (including phenoxy) is 1. The first-order chi connectivity index (χ1) is 12.7. The van der Waals surface area contributed by atoms with E-state index in [4.69, 9.17) is 9.15 Å². The van der Waals surface area contributed by atoms with E-state index in [1.807, 2.05) is 43.4 Å². The number of likely N-dealkylation sites (N-methyl/N-ethyl adjacent to an activating group) is 1. The Balaban J connectivity index is 1.30. The number of oxazole rings is 1. The van der Waals surface area contributed by atoms with Crippen molar-refractivity contribution in [1.29, 1.82) is 0 Å². The summed E-state index contributed by atoms with van der Waals surface area (Å²) in [6, 6.07) is 15.9. The molecule has 0 fully saturated rings. The highest BCUT2D eigenvalue weighted by Crippen LogP contribution is 2.24. The van der Waals surface area contributed by atoms with Crippen LogP contribution in [0.15, 0.2) is 58.2 Å². The van der Waals surface area contributed by atoms with Crippen molar-refractivity contribution in [3.8, 4) is 0 Å². The normalized spacial score (nSPS) is 16.4. The number of hydrogen-bond donors (Lipinski definition) is 0. The van der Waals surface area contributed by atoms with E-state index in [1.54, 1.807) is 4.90 Å². The minimum Gasteiger partial charge on any atom is -0.431 e. The Morgan fingerprint density at radius 1 is 1.19 bits per heavy atom. The SMILES string of the molecule is CN(CC1Cc2ccccc2CO1)C(=O)CSc1nc2ccccc2o1. The van der Waals surface area contributed by atoms with Gasteiger partial charge in [-0.1, -0.05) is 48.2 Å². The molecular formula is C20H20N2O3S. The van der Waals surface area contributed by atoms with Crippen molar-refractivity contribution in [2.45, 2.75) is 24.4 Å².